The van der Waals surface area contributed by atoms with Gasteiger partial charge in [-0.1, -0.05) is 0 Å². The molecule has 1 aromatic carbocycles. The predicted molar refractivity (Wildman–Crippen MR) is 120 cm³/mol. The van der Waals surface area contributed by atoms with Crippen LogP contribution in [0.15, 0.2) is 30.5 Å². The van der Waals surface area contributed by atoms with Crippen LogP contribution in [0.1, 0.15) is 24.1 Å². The van der Waals surface area contributed by atoms with E-state index in [0.717, 1.165) is 5.56 Å². The third-order valence-electron chi connectivity index (χ3n) is 6.36. The molecule has 178 valence electrons. The summed E-state index contributed by atoms with van der Waals surface area (Å²) in [6.45, 7) is 2.98. The van der Waals surface area contributed by atoms with Gasteiger partial charge in [0.05, 0.1) is 36.2 Å². The SMILES string of the molecule is Cc1ccn2c(C[C@H]3CN(C(=O)O)CCO3)c(-c3c(F)cc(N4CCCC4=O)cc3F)nc2c1. The van der Waals surface area contributed by atoms with Gasteiger partial charge in [-0.15, -0.1) is 0 Å². The molecule has 2 aromatic heterocycles. The number of hydrogen-bond acceptors (Lipinski definition) is 4. The van der Waals surface area contributed by atoms with Gasteiger partial charge in [0.15, 0.2) is 0 Å². The Labute approximate surface area is 194 Å². The van der Waals surface area contributed by atoms with Crippen LogP contribution in [0.25, 0.3) is 16.9 Å². The van der Waals surface area contributed by atoms with E-state index < -0.39 is 23.8 Å². The highest BCUT2D eigenvalue weighted by molar-refractivity contribution is 5.95. The number of rotatable bonds is 4. The molecule has 5 rings (SSSR count). The van der Waals surface area contributed by atoms with Gasteiger partial charge in [0.2, 0.25) is 5.91 Å². The number of carbonyl (C=O) groups excluding carboxylic acids is 1. The van der Waals surface area contributed by atoms with E-state index in [1.807, 2.05) is 19.1 Å². The highest BCUT2D eigenvalue weighted by Crippen LogP contribution is 2.34. The number of imidazole rings is 1. The number of carbonyl (C=O) groups is 2. The van der Waals surface area contributed by atoms with E-state index >= 15 is 8.78 Å². The van der Waals surface area contributed by atoms with Crippen LogP contribution in [0.2, 0.25) is 0 Å². The fourth-order valence-corrected chi connectivity index (χ4v) is 4.69. The number of carboxylic acid groups (broad SMARTS) is 1. The maximum Gasteiger partial charge on any atom is 0.407 e. The van der Waals surface area contributed by atoms with Crippen molar-refractivity contribution in [1.29, 1.82) is 0 Å². The average molecular weight is 470 g/mol. The second-order valence-electron chi connectivity index (χ2n) is 8.70. The Kier molecular flexibility index (Phi) is 5.68. The fourth-order valence-electron chi connectivity index (χ4n) is 4.69. The largest absolute Gasteiger partial charge is 0.465 e. The molecule has 1 N–H and O–H groups in total. The first-order chi connectivity index (χ1) is 16.3. The van der Waals surface area contributed by atoms with Crippen LogP contribution < -0.4 is 4.90 Å². The Bertz CT molecular complexity index is 1270. The van der Waals surface area contributed by atoms with Crippen LogP contribution in [0.5, 0.6) is 0 Å². The lowest BCUT2D eigenvalue weighted by Crippen LogP contribution is -2.45. The van der Waals surface area contributed by atoms with Crippen LogP contribution in [0, 0.1) is 18.6 Å². The normalized spacial score (nSPS) is 18.8. The number of anilines is 1. The van der Waals surface area contributed by atoms with Gasteiger partial charge in [-0.05, 0) is 43.2 Å². The number of aromatic nitrogens is 2. The van der Waals surface area contributed by atoms with Crippen LogP contribution in [0.3, 0.4) is 0 Å². The smallest absolute Gasteiger partial charge is 0.407 e. The van der Waals surface area contributed by atoms with E-state index in [9.17, 15) is 14.7 Å². The Hall–Kier alpha value is -3.53. The number of halogens is 2. The summed E-state index contributed by atoms with van der Waals surface area (Å²) in [5.74, 6) is -1.78. The minimum Gasteiger partial charge on any atom is -0.465 e. The zero-order chi connectivity index (χ0) is 24.0. The van der Waals surface area contributed by atoms with Gasteiger partial charge >= 0.3 is 6.09 Å². The number of morpholine rings is 1. The standard InChI is InChI=1S/C24H24F2N4O4/c1-14-4-6-30-19(12-16-13-28(24(32)33)7-8-34-16)23(27-20(30)9-14)22-17(25)10-15(11-18(22)26)29-5-2-3-21(29)31/h4,6,9-11,16H,2-3,5,7-8,12-13H2,1H3,(H,32,33)/t16-/m0/s1. The molecule has 0 saturated carbocycles. The third-order valence-corrected chi connectivity index (χ3v) is 6.36. The van der Waals surface area contributed by atoms with Gasteiger partial charge < -0.3 is 24.0 Å². The van der Waals surface area contributed by atoms with Crippen molar-refractivity contribution in [2.75, 3.05) is 31.1 Å². The van der Waals surface area contributed by atoms with E-state index in [-0.39, 0.29) is 49.0 Å². The number of ether oxygens (including phenoxy) is 1. The monoisotopic (exact) mass is 470 g/mol. The lowest BCUT2D eigenvalue weighted by atomic mass is 10.0. The lowest BCUT2D eigenvalue weighted by molar-refractivity contribution is -0.117. The van der Waals surface area contributed by atoms with Crippen LogP contribution in [0.4, 0.5) is 19.3 Å². The maximum absolute atomic E-state index is 15.4. The summed E-state index contributed by atoms with van der Waals surface area (Å²) in [6, 6.07) is 6.02. The molecule has 0 spiro atoms. The zero-order valence-electron chi connectivity index (χ0n) is 18.6. The predicted octanol–water partition coefficient (Wildman–Crippen LogP) is 3.64. The summed E-state index contributed by atoms with van der Waals surface area (Å²) in [5.41, 5.74) is 2.03. The van der Waals surface area contributed by atoms with Gasteiger partial charge in [-0.2, -0.15) is 0 Å². The van der Waals surface area contributed by atoms with E-state index in [4.69, 9.17) is 4.74 Å². The number of pyridine rings is 1. The van der Waals surface area contributed by atoms with E-state index in [0.29, 0.717) is 30.7 Å². The number of aryl methyl sites for hydroxylation is 1. The second kappa shape index (κ2) is 8.68. The lowest BCUT2D eigenvalue weighted by Gasteiger charge is -2.31. The van der Waals surface area contributed by atoms with Gasteiger partial charge in [-0.3, -0.25) is 4.79 Å². The number of amides is 2. The van der Waals surface area contributed by atoms with Crippen molar-refractivity contribution in [2.45, 2.75) is 32.3 Å². The second-order valence-corrected chi connectivity index (χ2v) is 8.70. The molecule has 2 fully saturated rings. The Morgan fingerprint density at radius 2 is 2.00 bits per heavy atom. The molecule has 1 atom stereocenters. The molecule has 0 bridgehead atoms. The summed E-state index contributed by atoms with van der Waals surface area (Å²) in [6.07, 6.45) is 1.48. The van der Waals surface area contributed by atoms with Gasteiger partial charge in [0, 0.05) is 37.8 Å². The highest BCUT2D eigenvalue weighted by Gasteiger charge is 2.30. The van der Waals surface area contributed by atoms with E-state index in [1.54, 1.807) is 10.6 Å². The van der Waals surface area contributed by atoms with Crippen molar-refractivity contribution in [3.63, 3.8) is 0 Å². The third kappa shape index (κ3) is 3.98. The molecule has 2 amide bonds. The maximum atomic E-state index is 15.4. The minimum absolute atomic E-state index is 0.135. The van der Waals surface area contributed by atoms with Crippen LogP contribution in [-0.4, -0.2) is 63.7 Å². The van der Waals surface area contributed by atoms with Gasteiger partial charge in [-0.25, -0.2) is 18.6 Å². The summed E-state index contributed by atoms with van der Waals surface area (Å²) in [7, 11) is 0. The molecule has 2 aliphatic heterocycles. The summed E-state index contributed by atoms with van der Waals surface area (Å²) >= 11 is 0. The molecule has 8 nitrogen and oxygen atoms in total. The topological polar surface area (TPSA) is 87.4 Å². The zero-order valence-corrected chi connectivity index (χ0v) is 18.6. The molecule has 3 aromatic rings. The van der Waals surface area contributed by atoms with Gasteiger partial charge in [0.25, 0.3) is 0 Å². The molecular formula is C24H24F2N4O4. The quantitative estimate of drug-likeness (QED) is 0.629. The Morgan fingerprint density at radius 1 is 1.24 bits per heavy atom. The summed E-state index contributed by atoms with van der Waals surface area (Å²) in [4.78, 5) is 30.7. The molecule has 0 unspecified atom stereocenters. The first-order valence-electron chi connectivity index (χ1n) is 11.2. The first-order valence-corrected chi connectivity index (χ1v) is 11.2. The van der Waals surface area contributed by atoms with Crippen LogP contribution >= 0.6 is 0 Å². The van der Waals surface area contributed by atoms with Crippen molar-refractivity contribution < 1.29 is 28.2 Å². The van der Waals surface area contributed by atoms with E-state index in [2.05, 4.69) is 4.98 Å². The number of benzene rings is 1. The molecule has 2 aliphatic rings. The first kappa shape index (κ1) is 22.3. The Balaban J connectivity index is 1.58. The molecule has 4 heterocycles. The van der Waals surface area contributed by atoms with Crippen molar-refractivity contribution in [3.8, 4) is 11.3 Å². The van der Waals surface area contributed by atoms with Crippen molar-refractivity contribution in [1.82, 2.24) is 14.3 Å². The van der Waals surface area contributed by atoms with Crippen molar-refractivity contribution in [3.05, 3.63) is 53.4 Å². The van der Waals surface area contributed by atoms with Crippen molar-refractivity contribution >= 4 is 23.3 Å². The van der Waals surface area contributed by atoms with E-state index in [1.165, 1.54) is 21.9 Å². The number of nitrogens with zero attached hydrogens (tertiary/aromatic N) is 4. The molecule has 0 radical (unpaired) electrons. The summed E-state index contributed by atoms with van der Waals surface area (Å²) < 4.78 is 38.3. The average Bonchev–Trinajstić information content (AvgIpc) is 3.37. The van der Waals surface area contributed by atoms with Gasteiger partial charge in [0.1, 0.15) is 17.3 Å². The van der Waals surface area contributed by atoms with Crippen molar-refractivity contribution in [2.24, 2.45) is 0 Å². The minimum atomic E-state index is -1.04. The summed E-state index contributed by atoms with van der Waals surface area (Å²) in [5, 5.41) is 9.35. The molecule has 34 heavy (non-hydrogen) atoms. The van der Waals surface area contributed by atoms with Crippen LogP contribution in [-0.2, 0) is 16.0 Å². The molecule has 0 aliphatic carbocycles. The highest BCUT2D eigenvalue weighted by atomic mass is 19.1. The molecular weight excluding hydrogens is 446 g/mol. The number of hydrogen-bond donors (Lipinski definition) is 1. The molecule has 2 saturated heterocycles. The molecule has 10 heteroatoms. The fraction of sp³-hybridized carbons (Fsp3) is 0.375. The Morgan fingerprint density at radius 3 is 2.68 bits per heavy atom. The number of fused-ring (bicyclic) bond motifs is 1.